The molecule has 0 bridgehead atoms. The summed E-state index contributed by atoms with van der Waals surface area (Å²) in [5.41, 5.74) is 1.12. The smallest absolute Gasteiger partial charge is 0.206 e. The summed E-state index contributed by atoms with van der Waals surface area (Å²) < 4.78 is 5.33. The van der Waals surface area contributed by atoms with Gasteiger partial charge in [-0.2, -0.15) is 0 Å². The van der Waals surface area contributed by atoms with Crippen molar-refractivity contribution in [2.75, 3.05) is 44.7 Å². The van der Waals surface area contributed by atoms with Crippen LogP contribution in [0.25, 0.3) is 10.6 Å². The number of rotatable bonds is 5. The topological polar surface area (TPSA) is 50.3 Å². The van der Waals surface area contributed by atoms with E-state index in [1.807, 2.05) is 18.2 Å². The first kappa shape index (κ1) is 13.5. The molecule has 0 radical (unpaired) electrons. The standard InChI is InChI=1S/C14H18N4OS/c1-2-4-12(5-3-1)13-16-17-14(20-13)15-6-7-18-8-10-19-11-9-18/h1-5H,6-11H2,(H,15,17). The zero-order chi connectivity index (χ0) is 13.6. The number of aromatic nitrogens is 2. The van der Waals surface area contributed by atoms with E-state index >= 15 is 0 Å². The first-order valence-corrected chi connectivity index (χ1v) is 7.66. The van der Waals surface area contributed by atoms with Crippen molar-refractivity contribution < 1.29 is 4.74 Å². The summed E-state index contributed by atoms with van der Waals surface area (Å²) in [4.78, 5) is 2.40. The second-order valence-corrected chi connectivity index (χ2v) is 5.64. The number of morpholine rings is 1. The first-order chi connectivity index (χ1) is 9.92. The lowest BCUT2D eigenvalue weighted by atomic mass is 10.2. The van der Waals surface area contributed by atoms with Gasteiger partial charge in [-0.05, 0) is 0 Å². The van der Waals surface area contributed by atoms with Gasteiger partial charge < -0.3 is 10.1 Å². The number of nitrogens with one attached hydrogen (secondary N) is 1. The lowest BCUT2D eigenvalue weighted by Gasteiger charge is -2.26. The van der Waals surface area contributed by atoms with Crippen molar-refractivity contribution in [1.29, 1.82) is 0 Å². The van der Waals surface area contributed by atoms with Crippen molar-refractivity contribution in [3.8, 4) is 10.6 Å². The van der Waals surface area contributed by atoms with Crippen LogP contribution in [0.5, 0.6) is 0 Å². The lowest BCUT2D eigenvalue weighted by Crippen LogP contribution is -2.38. The Hall–Kier alpha value is -1.50. The van der Waals surface area contributed by atoms with E-state index in [2.05, 4.69) is 32.5 Å². The van der Waals surface area contributed by atoms with Crippen molar-refractivity contribution in [3.63, 3.8) is 0 Å². The molecule has 5 nitrogen and oxygen atoms in total. The monoisotopic (exact) mass is 290 g/mol. The highest BCUT2D eigenvalue weighted by Gasteiger charge is 2.10. The molecule has 3 rings (SSSR count). The highest BCUT2D eigenvalue weighted by atomic mass is 32.1. The molecule has 1 N–H and O–H groups in total. The van der Waals surface area contributed by atoms with Gasteiger partial charge in [0.15, 0.2) is 0 Å². The Labute approximate surface area is 122 Å². The fourth-order valence-electron chi connectivity index (χ4n) is 2.14. The largest absolute Gasteiger partial charge is 0.379 e. The van der Waals surface area contributed by atoms with Gasteiger partial charge in [-0.3, -0.25) is 4.90 Å². The first-order valence-electron chi connectivity index (χ1n) is 6.85. The Morgan fingerprint density at radius 3 is 2.75 bits per heavy atom. The minimum atomic E-state index is 0.844. The van der Waals surface area contributed by atoms with Gasteiger partial charge in [0.25, 0.3) is 0 Å². The summed E-state index contributed by atoms with van der Waals surface area (Å²) in [7, 11) is 0. The quantitative estimate of drug-likeness (QED) is 0.912. The second-order valence-electron chi connectivity index (χ2n) is 4.66. The molecule has 1 aliphatic rings. The maximum atomic E-state index is 5.33. The number of hydrogen-bond donors (Lipinski definition) is 1. The van der Waals surface area contributed by atoms with E-state index in [0.717, 1.165) is 55.1 Å². The third kappa shape index (κ3) is 3.53. The Morgan fingerprint density at radius 2 is 1.95 bits per heavy atom. The van der Waals surface area contributed by atoms with E-state index in [1.165, 1.54) is 0 Å². The summed E-state index contributed by atoms with van der Waals surface area (Å²) in [6.07, 6.45) is 0. The third-order valence-corrected chi connectivity index (χ3v) is 4.18. The molecule has 1 aliphatic heterocycles. The maximum Gasteiger partial charge on any atom is 0.206 e. The molecule has 0 spiro atoms. The fourth-order valence-corrected chi connectivity index (χ4v) is 2.91. The molecule has 2 heterocycles. The molecule has 20 heavy (non-hydrogen) atoms. The van der Waals surface area contributed by atoms with Gasteiger partial charge in [0, 0.05) is 31.7 Å². The summed E-state index contributed by atoms with van der Waals surface area (Å²) in [6.45, 7) is 5.64. The normalized spacial score (nSPS) is 16.2. The molecule has 0 saturated carbocycles. The van der Waals surface area contributed by atoms with Crippen LogP contribution in [0.3, 0.4) is 0 Å². The number of ether oxygens (including phenoxy) is 1. The summed E-state index contributed by atoms with van der Waals surface area (Å²) in [6, 6.07) is 10.1. The molecule has 106 valence electrons. The number of anilines is 1. The SMILES string of the molecule is c1ccc(-c2nnc(NCCN3CCOCC3)s2)cc1. The van der Waals surface area contributed by atoms with Crippen molar-refractivity contribution in [1.82, 2.24) is 15.1 Å². The second kappa shape index (κ2) is 6.78. The molecule has 2 aromatic rings. The Kier molecular flexibility index (Phi) is 4.57. The Morgan fingerprint density at radius 1 is 1.15 bits per heavy atom. The van der Waals surface area contributed by atoms with Crippen LogP contribution in [0, 0.1) is 0 Å². The van der Waals surface area contributed by atoms with E-state index in [9.17, 15) is 0 Å². The zero-order valence-electron chi connectivity index (χ0n) is 11.3. The lowest BCUT2D eigenvalue weighted by molar-refractivity contribution is 0.0398. The molecule has 1 aromatic heterocycles. The van der Waals surface area contributed by atoms with Crippen molar-refractivity contribution in [2.24, 2.45) is 0 Å². The van der Waals surface area contributed by atoms with Crippen LogP contribution >= 0.6 is 11.3 Å². The zero-order valence-corrected chi connectivity index (χ0v) is 12.1. The van der Waals surface area contributed by atoms with Crippen LogP contribution in [0.1, 0.15) is 0 Å². The summed E-state index contributed by atoms with van der Waals surface area (Å²) in [5.74, 6) is 0. The minimum absolute atomic E-state index is 0.844. The molecular formula is C14H18N4OS. The van der Waals surface area contributed by atoms with E-state index in [-0.39, 0.29) is 0 Å². The highest BCUT2D eigenvalue weighted by molar-refractivity contribution is 7.18. The van der Waals surface area contributed by atoms with Gasteiger partial charge in [0.2, 0.25) is 5.13 Å². The van der Waals surface area contributed by atoms with Gasteiger partial charge in [0.05, 0.1) is 13.2 Å². The maximum absolute atomic E-state index is 5.33. The molecule has 0 aliphatic carbocycles. The molecule has 0 unspecified atom stereocenters. The van der Waals surface area contributed by atoms with Crippen molar-refractivity contribution in [3.05, 3.63) is 30.3 Å². The van der Waals surface area contributed by atoms with Crippen LogP contribution in [0.2, 0.25) is 0 Å². The predicted octanol–water partition coefficient (Wildman–Crippen LogP) is 1.95. The van der Waals surface area contributed by atoms with E-state index in [1.54, 1.807) is 11.3 Å². The van der Waals surface area contributed by atoms with Crippen LogP contribution in [-0.2, 0) is 4.74 Å². The molecular weight excluding hydrogens is 272 g/mol. The Bertz CT molecular complexity index is 525. The van der Waals surface area contributed by atoms with Crippen LogP contribution in [0.4, 0.5) is 5.13 Å². The Balaban J connectivity index is 1.50. The van der Waals surface area contributed by atoms with Crippen molar-refractivity contribution >= 4 is 16.5 Å². The van der Waals surface area contributed by atoms with Crippen LogP contribution in [0.15, 0.2) is 30.3 Å². The van der Waals surface area contributed by atoms with E-state index in [0.29, 0.717) is 0 Å². The fraction of sp³-hybridized carbons (Fsp3) is 0.429. The van der Waals surface area contributed by atoms with Crippen LogP contribution < -0.4 is 5.32 Å². The van der Waals surface area contributed by atoms with E-state index in [4.69, 9.17) is 4.74 Å². The molecule has 0 amide bonds. The van der Waals surface area contributed by atoms with Gasteiger partial charge in [-0.1, -0.05) is 41.7 Å². The van der Waals surface area contributed by atoms with Crippen LogP contribution in [-0.4, -0.2) is 54.5 Å². The number of benzene rings is 1. The summed E-state index contributed by atoms with van der Waals surface area (Å²) >= 11 is 1.60. The predicted molar refractivity (Wildman–Crippen MR) is 81.1 cm³/mol. The summed E-state index contributed by atoms with van der Waals surface area (Å²) in [5, 5.41) is 13.6. The van der Waals surface area contributed by atoms with E-state index < -0.39 is 0 Å². The van der Waals surface area contributed by atoms with Crippen molar-refractivity contribution in [2.45, 2.75) is 0 Å². The minimum Gasteiger partial charge on any atom is -0.379 e. The highest BCUT2D eigenvalue weighted by Crippen LogP contribution is 2.25. The molecule has 6 heteroatoms. The van der Waals surface area contributed by atoms with Gasteiger partial charge in [-0.25, -0.2) is 0 Å². The van der Waals surface area contributed by atoms with Gasteiger partial charge in [-0.15, -0.1) is 10.2 Å². The average Bonchev–Trinajstić information content (AvgIpc) is 2.98. The number of nitrogens with zero attached hydrogens (tertiary/aromatic N) is 3. The van der Waals surface area contributed by atoms with Gasteiger partial charge >= 0.3 is 0 Å². The molecule has 1 aromatic carbocycles. The molecule has 1 fully saturated rings. The molecule has 1 saturated heterocycles. The van der Waals surface area contributed by atoms with Gasteiger partial charge in [0.1, 0.15) is 5.01 Å². The average molecular weight is 290 g/mol. The number of hydrogen-bond acceptors (Lipinski definition) is 6. The molecule has 0 atom stereocenters. The third-order valence-electron chi connectivity index (χ3n) is 3.25.